The number of imidazole rings is 1. The summed E-state index contributed by atoms with van der Waals surface area (Å²) >= 11 is 0. The van der Waals surface area contributed by atoms with Gasteiger partial charge in [0.2, 0.25) is 17.5 Å². The average molecular weight is 425 g/mol. The third-order valence-corrected chi connectivity index (χ3v) is 5.42. The van der Waals surface area contributed by atoms with Gasteiger partial charge in [-0.1, -0.05) is 0 Å². The van der Waals surface area contributed by atoms with Crippen molar-refractivity contribution in [1.82, 2.24) is 24.3 Å². The summed E-state index contributed by atoms with van der Waals surface area (Å²) in [6.07, 6.45) is 9.60. The molecular formula is C22H27N5O4. The van der Waals surface area contributed by atoms with Crippen molar-refractivity contribution in [3.05, 3.63) is 40.7 Å². The first kappa shape index (κ1) is 21.0. The Kier molecular flexibility index (Phi) is 6.29. The Morgan fingerprint density at radius 2 is 1.81 bits per heavy atom. The van der Waals surface area contributed by atoms with Crippen LogP contribution in [0.25, 0.3) is 5.78 Å². The topological polar surface area (TPSA) is 101 Å². The highest BCUT2D eigenvalue weighted by Gasteiger charge is 2.23. The summed E-state index contributed by atoms with van der Waals surface area (Å²) < 4.78 is 17.5. The molecule has 2 aliphatic rings. The maximum Gasteiger partial charge on any atom is 0.358 e. The zero-order chi connectivity index (χ0) is 21.8. The summed E-state index contributed by atoms with van der Waals surface area (Å²) in [5.41, 5.74) is 4.93. The number of nitrogens with zero attached hydrogens (tertiary/aromatic N) is 5. The van der Waals surface area contributed by atoms with Gasteiger partial charge in [0.05, 0.1) is 26.0 Å². The van der Waals surface area contributed by atoms with Gasteiger partial charge >= 0.3 is 5.97 Å². The third kappa shape index (κ3) is 4.17. The number of aromatic nitrogens is 5. The number of esters is 1. The van der Waals surface area contributed by atoms with E-state index in [9.17, 15) is 4.79 Å². The molecular weight excluding hydrogens is 398 g/mol. The van der Waals surface area contributed by atoms with E-state index in [0.29, 0.717) is 24.9 Å². The number of methoxy groups -OCH3 is 1. The molecule has 0 N–H and O–H groups in total. The lowest BCUT2D eigenvalue weighted by molar-refractivity contribution is 0.0520. The van der Waals surface area contributed by atoms with Gasteiger partial charge in [0.25, 0.3) is 0 Å². The van der Waals surface area contributed by atoms with Crippen LogP contribution >= 0.6 is 0 Å². The van der Waals surface area contributed by atoms with Crippen LogP contribution in [0.3, 0.4) is 0 Å². The minimum Gasteiger partial charge on any atom is -0.481 e. The third-order valence-electron chi connectivity index (χ3n) is 5.42. The SMILES string of the molecule is CCOC(=O)c1cn2c3c(c(OC)nc2n1)CCC3.CCOc1ncnc2c1CCC2. The number of fused-ring (bicyclic) bond motifs is 4. The smallest absolute Gasteiger partial charge is 0.358 e. The van der Waals surface area contributed by atoms with Crippen molar-refractivity contribution < 1.29 is 19.0 Å². The van der Waals surface area contributed by atoms with Gasteiger partial charge in [0.1, 0.15) is 6.33 Å². The quantitative estimate of drug-likeness (QED) is 0.575. The zero-order valence-corrected chi connectivity index (χ0v) is 18.2. The van der Waals surface area contributed by atoms with E-state index in [2.05, 4.69) is 19.9 Å². The maximum atomic E-state index is 11.7. The Morgan fingerprint density at radius 1 is 1.00 bits per heavy atom. The maximum absolute atomic E-state index is 11.7. The van der Waals surface area contributed by atoms with Crippen molar-refractivity contribution in [2.75, 3.05) is 20.3 Å². The molecule has 3 heterocycles. The minimum atomic E-state index is -0.418. The summed E-state index contributed by atoms with van der Waals surface area (Å²) in [4.78, 5) is 28.6. The number of ether oxygens (including phenoxy) is 3. The fourth-order valence-corrected chi connectivity index (χ4v) is 4.09. The molecule has 3 aromatic rings. The van der Waals surface area contributed by atoms with Gasteiger partial charge in [-0.05, 0) is 52.4 Å². The standard InChI is InChI=1S/C13H15N3O3.C9H12N2O/c1-3-19-12(17)9-7-16-10-6-4-5-8(10)11(18-2)15-13(16)14-9;1-2-12-9-7-4-3-5-8(7)10-6-11-9/h7H,3-6H2,1-2H3;6H,2-5H2,1H3. The Labute approximate surface area is 180 Å². The molecule has 0 bridgehead atoms. The lowest BCUT2D eigenvalue weighted by atomic mass is 10.2. The van der Waals surface area contributed by atoms with Crippen molar-refractivity contribution in [2.45, 2.75) is 52.4 Å². The first-order chi connectivity index (χ1) is 15.2. The van der Waals surface area contributed by atoms with E-state index in [4.69, 9.17) is 14.2 Å². The van der Waals surface area contributed by atoms with Gasteiger partial charge in [0.15, 0.2) is 5.69 Å². The second-order valence-corrected chi connectivity index (χ2v) is 7.31. The molecule has 164 valence electrons. The molecule has 5 rings (SSSR count). The molecule has 0 unspecified atom stereocenters. The molecule has 2 aliphatic carbocycles. The van der Waals surface area contributed by atoms with Gasteiger partial charge in [-0.25, -0.2) is 19.7 Å². The molecule has 0 radical (unpaired) electrons. The molecule has 0 atom stereocenters. The van der Waals surface area contributed by atoms with Crippen LogP contribution in [-0.2, 0) is 30.4 Å². The van der Waals surface area contributed by atoms with E-state index in [1.165, 1.54) is 17.7 Å². The van der Waals surface area contributed by atoms with Crippen LogP contribution in [0.15, 0.2) is 12.5 Å². The van der Waals surface area contributed by atoms with Crippen molar-refractivity contribution in [1.29, 1.82) is 0 Å². The summed E-state index contributed by atoms with van der Waals surface area (Å²) in [6.45, 7) is 4.77. The van der Waals surface area contributed by atoms with Gasteiger partial charge in [-0.15, -0.1) is 0 Å². The fourth-order valence-electron chi connectivity index (χ4n) is 4.09. The molecule has 0 aliphatic heterocycles. The van der Waals surface area contributed by atoms with Gasteiger partial charge < -0.3 is 14.2 Å². The lowest BCUT2D eigenvalue weighted by Crippen LogP contribution is -2.04. The first-order valence-corrected chi connectivity index (χ1v) is 10.7. The van der Waals surface area contributed by atoms with Crippen LogP contribution in [-0.4, -0.2) is 50.6 Å². The summed E-state index contributed by atoms with van der Waals surface area (Å²) in [6, 6.07) is 0. The highest BCUT2D eigenvalue weighted by molar-refractivity contribution is 5.87. The molecule has 0 aromatic carbocycles. The minimum absolute atomic E-state index is 0.289. The number of carbonyl (C=O) groups excluding carboxylic acids is 1. The largest absolute Gasteiger partial charge is 0.481 e. The van der Waals surface area contributed by atoms with E-state index >= 15 is 0 Å². The summed E-state index contributed by atoms with van der Waals surface area (Å²) in [5, 5.41) is 0. The molecule has 9 heteroatoms. The Balaban J connectivity index is 0.000000166. The molecule has 9 nitrogen and oxygen atoms in total. The van der Waals surface area contributed by atoms with Crippen LogP contribution in [0, 0.1) is 0 Å². The van der Waals surface area contributed by atoms with Crippen LogP contribution in [0.1, 0.15) is 59.7 Å². The number of hydrogen-bond acceptors (Lipinski definition) is 8. The van der Waals surface area contributed by atoms with Crippen molar-refractivity contribution in [3.63, 3.8) is 0 Å². The van der Waals surface area contributed by atoms with Crippen molar-refractivity contribution >= 4 is 11.7 Å². The van der Waals surface area contributed by atoms with Crippen molar-refractivity contribution in [2.24, 2.45) is 0 Å². The molecule has 3 aromatic heterocycles. The summed E-state index contributed by atoms with van der Waals surface area (Å²) in [7, 11) is 1.60. The predicted octanol–water partition coefficient (Wildman–Crippen LogP) is 2.77. The van der Waals surface area contributed by atoms with Gasteiger partial charge in [0, 0.05) is 23.0 Å². The van der Waals surface area contributed by atoms with E-state index < -0.39 is 5.97 Å². The highest BCUT2D eigenvalue weighted by Crippen LogP contribution is 2.30. The molecule has 0 fully saturated rings. The number of carbonyl (C=O) groups is 1. The van der Waals surface area contributed by atoms with Crippen LogP contribution in [0.2, 0.25) is 0 Å². The Bertz CT molecular complexity index is 1100. The lowest BCUT2D eigenvalue weighted by Gasteiger charge is -2.07. The average Bonchev–Trinajstić information content (AvgIpc) is 3.52. The molecule has 31 heavy (non-hydrogen) atoms. The Morgan fingerprint density at radius 3 is 2.58 bits per heavy atom. The fraction of sp³-hybridized carbons (Fsp3) is 0.500. The normalized spacial score (nSPS) is 13.9. The molecule has 0 spiro atoms. The number of hydrogen-bond donors (Lipinski definition) is 0. The second kappa shape index (κ2) is 9.28. The van der Waals surface area contributed by atoms with Crippen molar-refractivity contribution in [3.8, 4) is 11.8 Å². The van der Waals surface area contributed by atoms with E-state index in [0.717, 1.165) is 49.2 Å². The monoisotopic (exact) mass is 425 g/mol. The second-order valence-electron chi connectivity index (χ2n) is 7.31. The summed E-state index contributed by atoms with van der Waals surface area (Å²) in [5.74, 6) is 1.47. The molecule has 0 saturated carbocycles. The zero-order valence-electron chi connectivity index (χ0n) is 18.2. The number of rotatable bonds is 5. The molecule has 0 saturated heterocycles. The van der Waals surface area contributed by atoms with E-state index in [1.54, 1.807) is 26.6 Å². The highest BCUT2D eigenvalue weighted by atomic mass is 16.5. The van der Waals surface area contributed by atoms with E-state index in [-0.39, 0.29) is 5.69 Å². The van der Waals surface area contributed by atoms with Gasteiger partial charge in [-0.3, -0.25) is 4.40 Å². The molecule has 0 amide bonds. The van der Waals surface area contributed by atoms with Crippen LogP contribution in [0.5, 0.6) is 11.8 Å². The predicted molar refractivity (Wildman–Crippen MR) is 113 cm³/mol. The Hall–Kier alpha value is -3.23. The van der Waals surface area contributed by atoms with Crippen LogP contribution < -0.4 is 9.47 Å². The number of aryl methyl sites for hydroxylation is 2. The first-order valence-electron chi connectivity index (χ1n) is 10.7. The van der Waals surface area contributed by atoms with Crippen LogP contribution in [0.4, 0.5) is 0 Å². The van der Waals surface area contributed by atoms with E-state index in [1.807, 2.05) is 11.3 Å². The van der Waals surface area contributed by atoms with Gasteiger partial charge in [-0.2, -0.15) is 4.98 Å².